The molecule has 8 heteroatoms. The molecule has 3 heterocycles. The summed E-state index contributed by atoms with van der Waals surface area (Å²) in [5.41, 5.74) is 6.23. The fourth-order valence-electron chi connectivity index (χ4n) is 4.97. The van der Waals surface area contributed by atoms with Crippen LogP contribution < -0.4 is 5.48 Å². The predicted octanol–water partition coefficient (Wildman–Crippen LogP) is 3.30. The van der Waals surface area contributed by atoms with E-state index >= 15 is 0 Å². The summed E-state index contributed by atoms with van der Waals surface area (Å²) in [4.78, 5) is 40.8. The van der Waals surface area contributed by atoms with Gasteiger partial charge in [0.25, 0.3) is 11.8 Å². The summed E-state index contributed by atoms with van der Waals surface area (Å²) in [6, 6.07) is 14.5. The van der Waals surface area contributed by atoms with Gasteiger partial charge in [0, 0.05) is 41.7 Å². The Morgan fingerprint density at radius 2 is 1.88 bits per heavy atom. The molecule has 8 nitrogen and oxygen atoms in total. The zero-order valence-corrected chi connectivity index (χ0v) is 18.5. The minimum Gasteiger partial charge on any atom is -0.338 e. The zero-order chi connectivity index (χ0) is 23.1. The summed E-state index contributed by atoms with van der Waals surface area (Å²) < 4.78 is 2.20. The molecule has 0 aliphatic carbocycles. The summed E-state index contributed by atoms with van der Waals surface area (Å²) in [7, 11) is 0. The number of amides is 4. The number of urea groups is 1. The van der Waals surface area contributed by atoms with Gasteiger partial charge in [-0.25, -0.2) is 10.3 Å². The SMILES string of the molecule is CCCCN1C(=O)C2Cc3c(n(Cc4ccc(C(=O)NO)cc4)c4ccccc34)CN2C1=O. The van der Waals surface area contributed by atoms with Crippen molar-refractivity contribution in [3.8, 4) is 0 Å². The molecule has 1 aromatic heterocycles. The van der Waals surface area contributed by atoms with Crippen LogP contribution in [0.4, 0.5) is 4.79 Å². The van der Waals surface area contributed by atoms with Crippen molar-refractivity contribution in [2.75, 3.05) is 6.54 Å². The van der Waals surface area contributed by atoms with Crippen molar-refractivity contribution in [2.24, 2.45) is 0 Å². The van der Waals surface area contributed by atoms with Crippen LogP contribution in [0.3, 0.4) is 0 Å². The number of hydrogen-bond acceptors (Lipinski definition) is 4. The number of rotatable bonds is 6. The largest absolute Gasteiger partial charge is 0.338 e. The Kier molecular flexibility index (Phi) is 5.38. The second-order valence-corrected chi connectivity index (χ2v) is 8.64. The molecule has 5 rings (SSSR count). The van der Waals surface area contributed by atoms with E-state index in [1.807, 2.05) is 31.2 Å². The van der Waals surface area contributed by atoms with Crippen LogP contribution in [-0.4, -0.2) is 50.0 Å². The molecule has 1 atom stereocenters. The van der Waals surface area contributed by atoms with Gasteiger partial charge < -0.3 is 9.47 Å². The van der Waals surface area contributed by atoms with Crippen molar-refractivity contribution < 1.29 is 19.6 Å². The van der Waals surface area contributed by atoms with Crippen LogP contribution in [0.15, 0.2) is 48.5 Å². The minimum absolute atomic E-state index is 0.0892. The van der Waals surface area contributed by atoms with E-state index in [0.29, 0.717) is 31.6 Å². The monoisotopic (exact) mass is 446 g/mol. The molecule has 170 valence electrons. The van der Waals surface area contributed by atoms with Crippen molar-refractivity contribution in [3.05, 3.63) is 70.9 Å². The van der Waals surface area contributed by atoms with Crippen LogP contribution in [0.2, 0.25) is 0 Å². The number of para-hydroxylation sites is 1. The third-order valence-electron chi connectivity index (χ3n) is 6.71. The first kappa shape index (κ1) is 21.2. The van der Waals surface area contributed by atoms with Crippen molar-refractivity contribution >= 4 is 28.7 Å². The third kappa shape index (κ3) is 3.47. The smallest absolute Gasteiger partial charge is 0.327 e. The molecular weight excluding hydrogens is 420 g/mol. The first-order chi connectivity index (χ1) is 16.0. The molecule has 0 radical (unpaired) electrons. The van der Waals surface area contributed by atoms with Gasteiger partial charge in [-0.05, 0) is 35.7 Å². The van der Waals surface area contributed by atoms with E-state index in [-0.39, 0.29) is 11.9 Å². The molecule has 3 aromatic rings. The highest BCUT2D eigenvalue weighted by Gasteiger charge is 2.48. The number of hydrogen-bond donors (Lipinski definition) is 2. The number of aromatic nitrogens is 1. The molecule has 1 fully saturated rings. The van der Waals surface area contributed by atoms with Crippen LogP contribution in [0, 0.1) is 0 Å². The Hall–Kier alpha value is -3.65. The maximum atomic E-state index is 13.0. The molecule has 2 N–H and O–H groups in total. The highest BCUT2D eigenvalue weighted by atomic mass is 16.5. The Labute approximate surface area is 191 Å². The minimum atomic E-state index is -0.554. The fourth-order valence-corrected chi connectivity index (χ4v) is 4.97. The highest BCUT2D eigenvalue weighted by molar-refractivity contribution is 6.05. The van der Waals surface area contributed by atoms with E-state index in [4.69, 9.17) is 5.21 Å². The number of benzene rings is 2. The van der Waals surface area contributed by atoms with Crippen LogP contribution >= 0.6 is 0 Å². The molecule has 0 spiro atoms. The Morgan fingerprint density at radius 1 is 1.12 bits per heavy atom. The fraction of sp³-hybridized carbons (Fsp3) is 0.320. The second kappa shape index (κ2) is 8.37. The van der Waals surface area contributed by atoms with E-state index in [9.17, 15) is 14.4 Å². The Balaban J connectivity index is 1.51. The molecule has 1 saturated heterocycles. The number of nitrogens with zero attached hydrogens (tertiary/aromatic N) is 3. The van der Waals surface area contributed by atoms with Gasteiger partial charge >= 0.3 is 6.03 Å². The van der Waals surface area contributed by atoms with Gasteiger partial charge in [0.15, 0.2) is 0 Å². The Bertz CT molecular complexity index is 1250. The quantitative estimate of drug-likeness (QED) is 0.345. The molecule has 1 unspecified atom stereocenters. The van der Waals surface area contributed by atoms with E-state index in [1.54, 1.807) is 22.5 Å². The Morgan fingerprint density at radius 3 is 2.61 bits per heavy atom. The van der Waals surface area contributed by atoms with Gasteiger partial charge in [0.05, 0.1) is 6.54 Å². The standard InChI is InChI=1S/C25H26N4O4/c1-2-3-12-27-24(31)21-13-19-18-6-4-5-7-20(18)28(22(19)15-29(21)25(27)32)14-16-8-10-17(11-9-16)23(30)26-33/h4-11,21,33H,2-3,12-15H2,1H3,(H,26,30). The topological polar surface area (TPSA) is 94.9 Å². The maximum absolute atomic E-state index is 13.0. The lowest BCUT2D eigenvalue weighted by Gasteiger charge is -2.28. The third-order valence-corrected chi connectivity index (χ3v) is 6.71. The molecular formula is C25H26N4O4. The van der Waals surface area contributed by atoms with Gasteiger partial charge in [0.2, 0.25) is 0 Å². The van der Waals surface area contributed by atoms with Gasteiger partial charge in [-0.2, -0.15) is 0 Å². The van der Waals surface area contributed by atoms with E-state index in [2.05, 4.69) is 16.7 Å². The van der Waals surface area contributed by atoms with E-state index in [1.165, 1.54) is 4.90 Å². The van der Waals surface area contributed by atoms with Crippen molar-refractivity contribution in [2.45, 2.75) is 45.3 Å². The average Bonchev–Trinajstić information content (AvgIpc) is 3.27. The van der Waals surface area contributed by atoms with Gasteiger partial charge in [0.1, 0.15) is 6.04 Å². The van der Waals surface area contributed by atoms with Crippen LogP contribution in [0.1, 0.15) is 46.9 Å². The zero-order valence-electron chi connectivity index (χ0n) is 18.5. The van der Waals surface area contributed by atoms with Crippen molar-refractivity contribution in [3.63, 3.8) is 0 Å². The lowest BCUT2D eigenvalue weighted by Crippen LogP contribution is -2.40. The molecule has 2 aliphatic heterocycles. The van der Waals surface area contributed by atoms with E-state index in [0.717, 1.165) is 40.6 Å². The first-order valence-electron chi connectivity index (χ1n) is 11.3. The molecule has 0 saturated carbocycles. The molecule has 33 heavy (non-hydrogen) atoms. The molecule has 4 amide bonds. The molecule has 0 bridgehead atoms. The van der Waals surface area contributed by atoms with Crippen LogP contribution in [0.5, 0.6) is 0 Å². The average molecular weight is 447 g/mol. The lowest BCUT2D eigenvalue weighted by molar-refractivity contribution is -0.128. The van der Waals surface area contributed by atoms with Gasteiger partial charge in [-0.15, -0.1) is 0 Å². The number of fused-ring (bicyclic) bond motifs is 4. The summed E-state index contributed by atoms with van der Waals surface area (Å²) in [6.45, 7) is 3.48. The maximum Gasteiger partial charge on any atom is 0.327 e. The number of carbonyl (C=O) groups is 3. The van der Waals surface area contributed by atoms with Crippen LogP contribution in [-0.2, 0) is 24.3 Å². The van der Waals surface area contributed by atoms with Crippen molar-refractivity contribution in [1.29, 1.82) is 0 Å². The van der Waals surface area contributed by atoms with Crippen molar-refractivity contribution in [1.82, 2.24) is 19.8 Å². The predicted molar refractivity (Wildman–Crippen MR) is 122 cm³/mol. The number of imide groups is 1. The number of unbranched alkanes of at least 4 members (excludes halogenated alkanes) is 1. The van der Waals surface area contributed by atoms with Gasteiger partial charge in [-0.1, -0.05) is 43.7 Å². The molecule has 2 aliphatic rings. The normalized spacial score (nSPS) is 17.5. The van der Waals surface area contributed by atoms with Gasteiger partial charge in [-0.3, -0.25) is 19.7 Å². The second-order valence-electron chi connectivity index (χ2n) is 8.64. The molecule has 2 aromatic carbocycles. The number of nitrogens with one attached hydrogen (secondary N) is 1. The lowest BCUT2D eigenvalue weighted by atomic mass is 9.97. The summed E-state index contributed by atoms with van der Waals surface area (Å²) in [6.07, 6.45) is 2.26. The van der Waals surface area contributed by atoms with Crippen LogP contribution in [0.25, 0.3) is 10.9 Å². The summed E-state index contributed by atoms with van der Waals surface area (Å²) >= 11 is 0. The summed E-state index contributed by atoms with van der Waals surface area (Å²) in [5.74, 6) is -0.644. The highest BCUT2D eigenvalue weighted by Crippen LogP contribution is 2.36. The van der Waals surface area contributed by atoms with E-state index < -0.39 is 11.9 Å². The number of hydroxylamine groups is 1. The summed E-state index contributed by atoms with van der Waals surface area (Å²) in [5, 5.41) is 9.94. The first-order valence-corrected chi connectivity index (χ1v) is 11.3. The number of carbonyl (C=O) groups excluding carboxylic acids is 3.